The number of unbranched alkanes of at least 4 members (excludes halogenated alkanes) is 3. The summed E-state index contributed by atoms with van der Waals surface area (Å²) in [6, 6.07) is 7.12. The van der Waals surface area contributed by atoms with Crippen molar-refractivity contribution in [2.45, 2.75) is 138 Å². The number of aromatic hydroxyl groups is 1. The molecular weight excluding hydrogens is 1200 g/mol. The molecule has 4 aliphatic rings. The van der Waals surface area contributed by atoms with Crippen molar-refractivity contribution in [1.29, 1.82) is 0 Å². The summed E-state index contributed by atoms with van der Waals surface area (Å²) in [6.07, 6.45) is -7.97. The molecule has 15 N–H and O–H groups in total. The lowest BCUT2D eigenvalue weighted by Gasteiger charge is -2.37. The summed E-state index contributed by atoms with van der Waals surface area (Å²) >= 11 is 0.0844. The second-order valence-electron chi connectivity index (χ2n) is 22.9. The Kier molecular flexibility index (Phi) is 26.4. The molecule has 0 spiro atoms. The average Bonchev–Trinajstić information content (AvgIpc) is 1.78. The number of rotatable bonds is 23. The molecule has 4 fully saturated rings. The van der Waals surface area contributed by atoms with Gasteiger partial charge in [0.25, 0.3) is 18.2 Å². The van der Waals surface area contributed by atoms with Crippen LogP contribution in [-0.4, -0.2) is 238 Å². The van der Waals surface area contributed by atoms with E-state index in [0.717, 1.165) is 72.2 Å². The molecule has 0 aromatic heterocycles. The van der Waals surface area contributed by atoms with Crippen LogP contribution in [0.15, 0.2) is 66.7 Å². The van der Waals surface area contributed by atoms with E-state index in [4.69, 9.17) is 24.6 Å². The van der Waals surface area contributed by atoms with Crippen molar-refractivity contribution in [1.82, 2.24) is 36.4 Å². The number of nitrogens with two attached hydrogens (primary N) is 1. The van der Waals surface area contributed by atoms with Gasteiger partial charge in [-0.3, -0.25) is 33.6 Å². The van der Waals surface area contributed by atoms with Crippen LogP contribution in [0.25, 0.3) is 0 Å². The maximum absolute atomic E-state index is 14.7. The molecule has 0 radical (unpaired) electrons. The van der Waals surface area contributed by atoms with Crippen molar-refractivity contribution >= 4 is 65.0 Å². The topological polar surface area (TPSA) is 427 Å². The first-order valence-electron chi connectivity index (χ1n) is 30.0. The number of anilines is 2. The number of piperazine rings is 1. The van der Waals surface area contributed by atoms with Crippen LogP contribution in [-0.2, 0) is 49.3 Å². The van der Waals surface area contributed by atoms with Gasteiger partial charge in [-0.05, 0) is 105 Å². The van der Waals surface area contributed by atoms with Gasteiger partial charge in [0.2, 0.25) is 35.4 Å². The minimum Gasteiger partial charge on any atom is -0.504 e. The SMILES string of the molecule is COCCCCCCOc1ccc(N2CCN(c3ccc(C(=O)N[C@H]4C[C@H](O)CNC(=O)[C@@H]5[C@@H](O)[C@H](C)CN5C(=O)[C@H]([C@H](O)CCN)NC(=O)[C@H]([C@H](O)Cc5ccc(O)c(OSOOO)c5)NC(=O)[C@@H]5C[C@H](O)CN5C(=O)[C@H]([C@H](C)O)NC4=O)cc3)CC2)cc1. The minimum absolute atomic E-state index is 0.0844. The molecule has 0 unspecified atom stereocenters. The highest BCUT2D eigenvalue weighted by molar-refractivity contribution is 7.90. The van der Waals surface area contributed by atoms with E-state index < -0.39 is 158 Å². The number of ether oxygens (including phenoxy) is 2. The van der Waals surface area contributed by atoms with Crippen molar-refractivity contribution < 1.29 is 97.6 Å². The first kappa shape index (κ1) is 70.3. The molecule has 4 heterocycles. The van der Waals surface area contributed by atoms with Gasteiger partial charge in [-0.15, -0.1) is 0 Å². The number of aliphatic hydroxyl groups excluding tert-OH is 6. The largest absolute Gasteiger partial charge is 0.504 e. The number of hydrogen-bond acceptors (Lipinski definition) is 24. The van der Waals surface area contributed by atoms with Crippen molar-refractivity contribution in [2.24, 2.45) is 11.7 Å². The molecular formula is C59H84N10O20S. The van der Waals surface area contributed by atoms with Crippen molar-refractivity contribution in [3.63, 3.8) is 0 Å². The Morgan fingerprint density at radius 2 is 1.36 bits per heavy atom. The number of fused-ring (bicyclic) bond motifs is 2. The van der Waals surface area contributed by atoms with Crippen LogP contribution in [0.1, 0.15) is 74.7 Å². The second kappa shape index (κ2) is 33.8. The third kappa shape index (κ3) is 18.7. The molecule has 30 nitrogen and oxygen atoms in total. The van der Waals surface area contributed by atoms with Gasteiger partial charge in [-0.1, -0.05) is 28.8 Å². The number of hydrogen-bond donors (Lipinski definition) is 14. The highest BCUT2D eigenvalue weighted by Gasteiger charge is 2.50. The van der Waals surface area contributed by atoms with Crippen molar-refractivity contribution in [3.05, 3.63) is 77.9 Å². The van der Waals surface area contributed by atoms with Crippen LogP contribution in [0.5, 0.6) is 17.2 Å². The summed E-state index contributed by atoms with van der Waals surface area (Å²) < 4.78 is 20.4. The van der Waals surface area contributed by atoms with E-state index in [-0.39, 0.29) is 48.7 Å². The zero-order valence-electron chi connectivity index (χ0n) is 50.3. The quantitative estimate of drug-likeness (QED) is 0.0211. The summed E-state index contributed by atoms with van der Waals surface area (Å²) in [7, 11) is 1.70. The molecule has 13 atom stereocenters. The van der Waals surface area contributed by atoms with Gasteiger partial charge in [0, 0.05) is 102 Å². The number of phenols is 1. The highest BCUT2D eigenvalue weighted by atomic mass is 32.2. The maximum Gasteiger partial charge on any atom is 0.261 e. The molecule has 7 rings (SSSR count). The number of amides is 7. The molecule has 7 amide bonds. The Morgan fingerprint density at radius 1 is 0.733 bits per heavy atom. The lowest BCUT2D eigenvalue weighted by molar-refractivity contribution is -0.433. The van der Waals surface area contributed by atoms with Gasteiger partial charge in [-0.2, -0.15) is 0 Å². The van der Waals surface area contributed by atoms with Crippen LogP contribution in [0.3, 0.4) is 0 Å². The Bertz CT molecular complexity index is 2880. The molecule has 0 aliphatic carbocycles. The Balaban J connectivity index is 1.12. The number of aliphatic hydroxyl groups is 6. The minimum atomic E-state index is -2.10. The Morgan fingerprint density at radius 3 is 1.99 bits per heavy atom. The molecule has 0 saturated carbocycles. The van der Waals surface area contributed by atoms with Crippen LogP contribution in [0, 0.1) is 5.92 Å². The van der Waals surface area contributed by atoms with Crippen molar-refractivity contribution in [3.8, 4) is 17.2 Å². The molecule has 496 valence electrons. The van der Waals surface area contributed by atoms with E-state index in [0.29, 0.717) is 32.8 Å². The second-order valence-corrected chi connectivity index (χ2v) is 23.4. The van der Waals surface area contributed by atoms with E-state index in [1.54, 1.807) is 31.4 Å². The number of β-amino-alcohol motifs (C(OH)–C–C–N with tert-alkyl or cyclic N) is 1. The Labute approximate surface area is 524 Å². The fraction of sp³-hybridized carbons (Fsp3) is 0.576. The predicted molar refractivity (Wildman–Crippen MR) is 323 cm³/mol. The van der Waals surface area contributed by atoms with E-state index in [1.165, 1.54) is 19.1 Å². The standard InChI is InChI=1S/C59H84N10O20S/c1-33-31-69-51(52(33)76)57(81)61-30-39(71)28-42(62-53(77)36-9-11-37(12-10-36)66-20-22-67(23-21-66)38-13-15-41(16-14-38)86-25-7-5-4-6-24-85-3)54(78)63-48(34(2)70)58(82)68-32-40(72)29-43(68)55(79)64-49(56(80)65-50(59(69)83)45(74)18-19-60)46(75)26-35-8-17-44(73)47(27-35)87-90-89-88-84/h8-17,27,33-34,39-40,42-43,45-46,48-52,70-76,84H,4-7,18-26,28-32,60H2,1-3H3,(H,61,81)(H,62,77)(H,63,78)(H,64,79)(H,65,80)/t33-,34+,39+,40+,42+,43+,45-,46-,48+,49+,50+,51+,52+/m1/s1. The fourth-order valence-corrected chi connectivity index (χ4v) is 11.6. The van der Waals surface area contributed by atoms with E-state index >= 15 is 0 Å². The molecule has 4 saturated heterocycles. The summed E-state index contributed by atoms with van der Waals surface area (Å²) in [4.78, 5) is 107. The van der Waals surface area contributed by atoms with Gasteiger partial charge < -0.3 is 101 Å². The molecule has 0 bridgehead atoms. The molecule has 90 heavy (non-hydrogen) atoms. The van der Waals surface area contributed by atoms with E-state index in [2.05, 4.69) is 45.8 Å². The third-order valence-corrected chi connectivity index (χ3v) is 16.7. The van der Waals surface area contributed by atoms with Gasteiger partial charge >= 0.3 is 0 Å². The third-order valence-electron chi connectivity index (χ3n) is 16.3. The summed E-state index contributed by atoms with van der Waals surface area (Å²) in [5, 5.41) is 103. The molecule has 31 heteroatoms. The maximum atomic E-state index is 14.7. The van der Waals surface area contributed by atoms with Crippen LogP contribution < -0.4 is 51.0 Å². The number of methoxy groups -OCH3 is 1. The number of phenolic OH excluding ortho intramolecular Hbond substituents is 1. The number of carbonyl (C=O) groups is 7. The average molecular weight is 1290 g/mol. The van der Waals surface area contributed by atoms with Crippen LogP contribution in [0.4, 0.5) is 11.4 Å². The molecule has 3 aromatic carbocycles. The van der Waals surface area contributed by atoms with Crippen molar-refractivity contribution in [2.75, 3.05) is 82.5 Å². The molecule has 4 aliphatic heterocycles. The highest BCUT2D eigenvalue weighted by Crippen LogP contribution is 2.32. The predicted octanol–water partition coefficient (Wildman–Crippen LogP) is -2.04. The first-order chi connectivity index (χ1) is 43.1. The lowest BCUT2D eigenvalue weighted by atomic mass is 9.98. The van der Waals surface area contributed by atoms with Gasteiger partial charge in [0.15, 0.2) is 11.5 Å². The number of nitrogens with one attached hydrogen (secondary N) is 5. The zero-order valence-corrected chi connectivity index (χ0v) is 51.2. The van der Waals surface area contributed by atoms with Gasteiger partial charge in [0.1, 0.15) is 42.0 Å². The van der Waals surface area contributed by atoms with Gasteiger partial charge in [-0.25, -0.2) is 5.26 Å². The van der Waals surface area contributed by atoms with E-state index in [9.17, 15) is 69.3 Å². The smallest absolute Gasteiger partial charge is 0.261 e. The van der Waals surface area contributed by atoms with Gasteiger partial charge in [0.05, 0.1) is 43.2 Å². The summed E-state index contributed by atoms with van der Waals surface area (Å²) in [5.41, 5.74) is 7.88. The lowest BCUT2D eigenvalue weighted by Crippen LogP contribution is -2.64. The summed E-state index contributed by atoms with van der Waals surface area (Å²) in [6.45, 7) is 5.03. The Hall–Kier alpha value is -7.14. The number of carbonyl (C=O) groups excluding carboxylic acids is 7. The summed E-state index contributed by atoms with van der Waals surface area (Å²) in [5.74, 6) is -8.37. The molecule has 3 aromatic rings. The zero-order chi connectivity index (χ0) is 65.2. The monoisotopic (exact) mass is 1280 g/mol. The van der Waals surface area contributed by atoms with Crippen LogP contribution in [0.2, 0.25) is 0 Å². The van der Waals surface area contributed by atoms with E-state index in [1.807, 2.05) is 24.3 Å². The number of nitrogens with zero attached hydrogens (tertiary/aromatic N) is 4. The normalized spacial score (nSPS) is 26.0. The fourth-order valence-electron chi connectivity index (χ4n) is 11.4. The number of benzene rings is 3. The van der Waals surface area contributed by atoms with Crippen LogP contribution >= 0.6 is 12.3 Å². The first-order valence-corrected chi connectivity index (χ1v) is 30.6.